The molecule has 0 aliphatic heterocycles. The molecule has 0 heterocycles. The molecule has 1 unspecified atom stereocenters. The van der Waals surface area contributed by atoms with Crippen molar-refractivity contribution in [3.05, 3.63) is 29.8 Å². The number of ether oxygens (including phenoxy) is 2. The summed E-state index contributed by atoms with van der Waals surface area (Å²) < 4.78 is 33.8. The molecular formula is C13H17F2NO3. The molecule has 0 radical (unpaired) electrons. The average Bonchev–Trinajstić information content (AvgIpc) is 2.38. The Balaban J connectivity index is 2.97. The van der Waals surface area contributed by atoms with Gasteiger partial charge in [-0.25, -0.2) is 0 Å². The Morgan fingerprint density at radius 2 is 2.05 bits per heavy atom. The van der Waals surface area contributed by atoms with E-state index in [1.807, 2.05) is 6.92 Å². The van der Waals surface area contributed by atoms with Crippen molar-refractivity contribution in [1.82, 2.24) is 5.32 Å². The normalized spacial score (nSPS) is 12.3. The lowest BCUT2D eigenvalue weighted by Gasteiger charge is -2.20. The first-order valence-electron chi connectivity index (χ1n) is 5.92. The van der Waals surface area contributed by atoms with Crippen LogP contribution in [-0.4, -0.2) is 26.2 Å². The van der Waals surface area contributed by atoms with Gasteiger partial charge in [0.05, 0.1) is 13.5 Å². The Hall–Kier alpha value is -1.69. The maximum atomic E-state index is 12.3. The number of alkyl halides is 2. The fourth-order valence-corrected chi connectivity index (χ4v) is 1.76. The van der Waals surface area contributed by atoms with Crippen molar-refractivity contribution in [2.45, 2.75) is 26.0 Å². The lowest BCUT2D eigenvalue weighted by Crippen LogP contribution is -2.25. The summed E-state index contributed by atoms with van der Waals surface area (Å²) in [6, 6.07) is 5.97. The van der Waals surface area contributed by atoms with Crippen LogP contribution in [0.4, 0.5) is 8.78 Å². The Labute approximate surface area is 110 Å². The van der Waals surface area contributed by atoms with Gasteiger partial charge in [-0.05, 0) is 12.6 Å². The van der Waals surface area contributed by atoms with Crippen molar-refractivity contribution in [3.63, 3.8) is 0 Å². The molecular weight excluding hydrogens is 256 g/mol. The first-order chi connectivity index (χ1) is 9.08. The molecule has 1 aromatic carbocycles. The lowest BCUT2D eigenvalue weighted by atomic mass is 10.0. The van der Waals surface area contributed by atoms with Crippen LogP contribution < -0.4 is 10.1 Å². The predicted molar refractivity (Wildman–Crippen MR) is 66.1 cm³/mol. The van der Waals surface area contributed by atoms with Gasteiger partial charge in [-0.1, -0.05) is 25.1 Å². The molecule has 1 atom stereocenters. The molecule has 4 nitrogen and oxygen atoms in total. The summed E-state index contributed by atoms with van der Waals surface area (Å²) >= 11 is 0. The second-order valence-electron chi connectivity index (χ2n) is 3.81. The smallest absolute Gasteiger partial charge is 0.387 e. The zero-order chi connectivity index (χ0) is 14.3. The van der Waals surface area contributed by atoms with E-state index in [0.29, 0.717) is 12.1 Å². The molecule has 0 fully saturated rings. The van der Waals surface area contributed by atoms with Gasteiger partial charge in [-0.15, -0.1) is 0 Å². The van der Waals surface area contributed by atoms with Gasteiger partial charge in [0.1, 0.15) is 5.75 Å². The molecule has 0 aliphatic rings. The summed E-state index contributed by atoms with van der Waals surface area (Å²) in [7, 11) is 1.28. The SMILES string of the molecule is CCNC(CC(=O)OC)c1ccccc1OC(F)F. The summed E-state index contributed by atoms with van der Waals surface area (Å²) in [6.45, 7) is -0.451. The van der Waals surface area contributed by atoms with Crippen molar-refractivity contribution < 1.29 is 23.0 Å². The van der Waals surface area contributed by atoms with Crippen LogP contribution in [0.2, 0.25) is 0 Å². The van der Waals surface area contributed by atoms with Gasteiger partial charge in [-0.3, -0.25) is 4.79 Å². The van der Waals surface area contributed by atoms with Crippen molar-refractivity contribution in [1.29, 1.82) is 0 Å². The van der Waals surface area contributed by atoms with Crippen LogP contribution in [0.25, 0.3) is 0 Å². The molecule has 0 bridgehead atoms. The molecule has 19 heavy (non-hydrogen) atoms. The first-order valence-corrected chi connectivity index (χ1v) is 5.92. The van der Waals surface area contributed by atoms with Crippen LogP contribution in [0.15, 0.2) is 24.3 Å². The van der Waals surface area contributed by atoms with Gasteiger partial charge in [0.15, 0.2) is 0 Å². The van der Waals surface area contributed by atoms with Gasteiger partial charge in [0.2, 0.25) is 0 Å². The number of hydrogen-bond acceptors (Lipinski definition) is 4. The zero-order valence-corrected chi connectivity index (χ0v) is 10.9. The monoisotopic (exact) mass is 273 g/mol. The Kier molecular flexibility index (Phi) is 6.21. The van der Waals surface area contributed by atoms with Crippen LogP contribution in [-0.2, 0) is 9.53 Å². The fourth-order valence-electron chi connectivity index (χ4n) is 1.76. The lowest BCUT2D eigenvalue weighted by molar-refractivity contribution is -0.141. The minimum atomic E-state index is -2.90. The minimum absolute atomic E-state index is 0.0496. The van der Waals surface area contributed by atoms with E-state index in [9.17, 15) is 13.6 Å². The molecule has 0 spiro atoms. The number of carbonyl (C=O) groups is 1. The molecule has 1 rings (SSSR count). The van der Waals surface area contributed by atoms with Gasteiger partial charge in [-0.2, -0.15) is 8.78 Å². The maximum absolute atomic E-state index is 12.3. The summed E-state index contributed by atoms with van der Waals surface area (Å²) in [6.07, 6.45) is 0.0496. The van der Waals surface area contributed by atoms with Crippen LogP contribution in [0.1, 0.15) is 24.9 Å². The number of hydrogen-bond donors (Lipinski definition) is 1. The summed E-state index contributed by atoms with van der Waals surface area (Å²) in [5.41, 5.74) is 0.509. The second kappa shape index (κ2) is 7.68. The molecule has 0 aromatic heterocycles. The molecule has 0 saturated carbocycles. The van der Waals surface area contributed by atoms with Crippen molar-refractivity contribution >= 4 is 5.97 Å². The quantitative estimate of drug-likeness (QED) is 0.775. The molecule has 1 N–H and O–H groups in total. The van der Waals surface area contributed by atoms with E-state index in [4.69, 9.17) is 0 Å². The third kappa shape index (κ3) is 4.82. The third-order valence-electron chi connectivity index (χ3n) is 2.56. The van der Waals surface area contributed by atoms with Gasteiger partial charge < -0.3 is 14.8 Å². The number of para-hydroxylation sites is 1. The van der Waals surface area contributed by atoms with E-state index < -0.39 is 18.6 Å². The molecule has 1 aromatic rings. The maximum Gasteiger partial charge on any atom is 0.387 e. The number of methoxy groups -OCH3 is 1. The first kappa shape index (κ1) is 15.4. The van der Waals surface area contributed by atoms with E-state index in [-0.39, 0.29) is 12.2 Å². The Morgan fingerprint density at radius 1 is 1.37 bits per heavy atom. The zero-order valence-electron chi connectivity index (χ0n) is 10.9. The fraction of sp³-hybridized carbons (Fsp3) is 0.462. The van der Waals surface area contributed by atoms with Crippen molar-refractivity contribution in [2.24, 2.45) is 0 Å². The van der Waals surface area contributed by atoms with Gasteiger partial charge in [0.25, 0.3) is 0 Å². The summed E-state index contributed by atoms with van der Waals surface area (Å²) in [5.74, 6) is -0.356. The molecule has 0 aliphatic carbocycles. The number of rotatable bonds is 7. The largest absolute Gasteiger partial charge is 0.469 e. The van der Waals surface area contributed by atoms with Crippen molar-refractivity contribution in [3.8, 4) is 5.75 Å². The van der Waals surface area contributed by atoms with Crippen LogP contribution in [0.5, 0.6) is 5.75 Å². The predicted octanol–water partition coefficient (Wildman–Crippen LogP) is 2.50. The van der Waals surface area contributed by atoms with E-state index in [0.717, 1.165) is 0 Å². The highest BCUT2D eigenvalue weighted by Gasteiger charge is 2.20. The van der Waals surface area contributed by atoms with E-state index in [1.54, 1.807) is 18.2 Å². The number of benzene rings is 1. The highest BCUT2D eigenvalue weighted by molar-refractivity contribution is 5.70. The average molecular weight is 273 g/mol. The number of esters is 1. The Bertz CT molecular complexity index is 413. The van der Waals surface area contributed by atoms with Crippen LogP contribution >= 0.6 is 0 Å². The number of nitrogens with one attached hydrogen (secondary N) is 1. The second-order valence-corrected chi connectivity index (χ2v) is 3.81. The third-order valence-corrected chi connectivity index (χ3v) is 2.56. The minimum Gasteiger partial charge on any atom is -0.469 e. The van der Waals surface area contributed by atoms with Gasteiger partial charge >= 0.3 is 12.6 Å². The molecule has 0 amide bonds. The van der Waals surface area contributed by atoms with Crippen LogP contribution in [0, 0.1) is 0 Å². The highest BCUT2D eigenvalue weighted by atomic mass is 19.3. The number of carbonyl (C=O) groups excluding carboxylic acids is 1. The van der Waals surface area contributed by atoms with E-state index >= 15 is 0 Å². The van der Waals surface area contributed by atoms with Crippen LogP contribution in [0.3, 0.4) is 0 Å². The topological polar surface area (TPSA) is 47.6 Å². The Morgan fingerprint density at radius 3 is 2.63 bits per heavy atom. The molecule has 6 heteroatoms. The van der Waals surface area contributed by atoms with Crippen molar-refractivity contribution in [2.75, 3.05) is 13.7 Å². The standard InChI is InChI=1S/C13H17F2NO3/c1-3-16-10(8-12(17)18-2)9-6-4-5-7-11(9)19-13(14)15/h4-7,10,13,16H,3,8H2,1-2H3. The summed E-state index contributed by atoms with van der Waals surface area (Å²) in [5, 5.41) is 3.05. The van der Waals surface area contributed by atoms with Gasteiger partial charge in [0, 0.05) is 11.6 Å². The summed E-state index contributed by atoms with van der Waals surface area (Å²) in [4.78, 5) is 11.4. The molecule has 106 valence electrons. The highest BCUT2D eigenvalue weighted by Crippen LogP contribution is 2.28. The van der Waals surface area contributed by atoms with E-state index in [2.05, 4.69) is 14.8 Å². The number of halogens is 2. The van der Waals surface area contributed by atoms with E-state index in [1.165, 1.54) is 13.2 Å². The molecule has 0 saturated heterocycles.